The molecular formula is C16H16ClN3O3S. The average Bonchev–Trinajstić information content (AvgIpc) is 2.96. The van der Waals surface area contributed by atoms with Crippen LogP contribution in [0.5, 0.6) is 0 Å². The highest BCUT2D eigenvalue weighted by molar-refractivity contribution is 7.15. The number of rotatable bonds is 3. The lowest BCUT2D eigenvalue weighted by molar-refractivity contribution is 0.0736. The molecule has 1 aliphatic rings. The SMILES string of the molecule is CCOC(=O)Nc1nc2c(s1)CN(C(=O)c1ccc(Cl)cc1)CC2. The normalized spacial score (nSPS) is 13.3. The number of thiazole rings is 1. The number of benzene rings is 1. The molecule has 126 valence electrons. The minimum atomic E-state index is -0.516. The molecule has 0 fully saturated rings. The summed E-state index contributed by atoms with van der Waals surface area (Å²) in [6.45, 7) is 3.13. The first-order valence-corrected chi connectivity index (χ1v) is 8.73. The Morgan fingerprint density at radius 1 is 1.38 bits per heavy atom. The number of ether oxygens (including phenoxy) is 1. The predicted molar refractivity (Wildman–Crippen MR) is 92.7 cm³/mol. The molecule has 2 heterocycles. The monoisotopic (exact) mass is 365 g/mol. The quantitative estimate of drug-likeness (QED) is 0.902. The lowest BCUT2D eigenvalue weighted by atomic mass is 10.1. The zero-order chi connectivity index (χ0) is 17.1. The van der Waals surface area contributed by atoms with Gasteiger partial charge < -0.3 is 9.64 Å². The van der Waals surface area contributed by atoms with E-state index in [0.717, 1.165) is 10.6 Å². The van der Waals surface area contributed by atoms with Crippen molar-refractivity contribution in [3.8, 4) is 0 Å². The van der Waals surface area contributed by atoms with Gasteiger partial charge in [-0.1, -0.05) is 22.9 Å². The summed E-state index contributed by atoms with van der Waals surface area (Å²) in [5.41, 5.74) is 1.53. The lowest BCUT2D eigenvalue weighted by Crippen LogP contribution is -2.35. The van der Waals surface area contributed by atoms with Crippen LogP contribution in [0.4, 0.5) is 9.93 Å². The number of nitrogens with zero attached hydrogens (tertiary/aromatic N) is 2. The summed E-state index contributed by atoms with van der Waals surface area (Å²) in [5.74, 6) is -0.0365. The molecule has 0 spiro atoms. The van der Waals surface area contributed by atoms with Gasteiger partial charge in [0.25, 0.3) is 5.91 Å². The maximum Gasteiger partial charge on any atom is 0.413 e. The first kappa shape index (κ1) is 16.7. The number of carbonyl (C=O) groups is 2. The molecule has 0 unspecified atom stereocenters. The number of amides is 2. The van der Waals surface area contributed by atoms with Crippen LogP contribution in [0, 0.1) is 0 Å². The van der Waals surface area contributed by atoms with Crippen molar-refractivity contribution in [2.24, 2.45) is 0 Å². The molecule has 0 saturated heterocycles. The van der Waals surface area contributed by atoms with E-state index in [1.165, 1.54) is 11.3 Å². The Balaban J connectivity index is 1.70. The van der Waals surface area contributed by atoms with Crippen LogP contribution in [-0.4, -0.2) is 35.0 Å². The third-order valence-corrected chi connectivity index (χ3v) is 4.84. The molecule has 0 bridgehead atoms. The largest absolute Gasteiger partial charge is 0.450 e. The van der Waals surface area contributed by atoms with Gasteiger partial charge in [-0.05, 0) is 31.2 Å². The summed E-state index contributed by atoms with van der Waals surface area (Å²) < 4.78 is 4.85. The zero-order valence-electron chi connectivity index (χ0n) is 13.0. The Bertz CT molecular complexity index is 760. The van der Waals surface area contributed by atoms with Gasteiger partial charge in [0.1, 0.15) is 0 Å². The van der Waals surface area contributed by atoms with Crippen LogP contribution in [0.25, 0.3) is 0 Å². The van der Waals surface area contributed by atoms with Crippen LogP contribution in [0.2, 0.25) is 5.02 Å². The summed E-state index contributed by atoms with van der Waals surface area (Å²) in [6.07, 6.45) is 0.146. The van der Waals surface area contributed by atoms with Crippen molar-refractivity contribution in [3.63, 3.8) is 0 Å². The molecular weight excluding hydrogens is 350 g/mol. The van der Waals surface area contributed by atoms with E-state index >= 15 is 0 Å². The first-order valence-electron chi connectivity index (χ1n) is 7.54. The third-order valence-electron chi connectivity index (χ3n) is 3.59. The molecule has 3 rings (SSSR count). The third kappa shape index (κ3) is 3.68. The number of anilines is 1. The molecule has 0 aliphatic carbocycles. The zero-order valence-corrected chi connectivity index (χ0v) is 14.6. The summed E-state index contributed by atoms with van der Waals surface area (Å²) in [7, 11) is 0. The summed E-state index contributed by atoms with van der Waals surface area (Å²) in [6, 6.07) is 6.86. The molecule has 0 saturated carbocycles. The molecule has 8 heteroatoms. The van der Waals surface area contributed by atoms with Gasteiger partial charge in [-0.15, -0.1) is 0 Å². The Kier molecular flexibility index (Phi) is 5.01. The second kappa shape index (κ2) is 7.19. The van der Waals surface area contributed by atoms with Crippen LogP contribution in [0.1, 0.15) is 27.9 Å². The van der Waals surface area contributed by atoms with E-state index < -0.39 is 6.09 Å². The van der Waals surface area contributed by atoms with Gasteiger partial charge in [0.05, 0.1) is 18.8 Å². The van der Waals surface area contributed by atoms with E-state index in [-0.39, 0.29) is 5.91 Å². The minimum absolute atomic E-state index is 0.0365. The highest BCUT2D eigenvalue weighted by atomic mass is 35.5. The molecule has 1 aromatic heterocycles. The first-order chi connectivity index (χ1) is 11.6. The van der Waals surface area contributed by atoms with Gasteiger partial charge in [-0.2, -0.15) is 0 Å². The van der Waals surface area contributed by atoms with Gasteiger partial charge in [0.15, 0.2) is 5.13 Å². The fourth-order valence-corrected chi connectivity index (χ4v) is 3.59. The maximum atomic E-state index is 12.6. The predicted octanol–water partition coefficient (Wildman–Crippen LogP) is 3.56. The van der Waals surface area contributed by atoms with Crippen molar-refractivity contribution in [2.45, 2.75) is 19.9 Å². The van der Waals surface area contributed by atoms with Gasteiger partial charge in [0.2, 0.25) is 0 Å². The minimum Gasteiger partial charge on any atom is -0.450 e. The molecule has 6 nitrogen and oxygen atoms in total. The summed E-state index contributed by atoms with van der Waals surface area (Å²) >= 11 is 7.23. The maximum absolute atomic E-state index is 12.6. The highest BCUT2D eigenvalue weighted by Crippen LogP contribution is 2.29. The summed E-state index contributed by atoms with van der Waals surface area (Å²) in [5, 5.41) is 3.71. The van der Waals surface area contributed by atoms with Crippen LogP contribution in [-0.2, 0) is 17.7 Å². The molecule has 24 heavy (non-hydrogen) atoms. The molecule has 2 amide bonds. The molecule has 1 N–H and O–H groups in total. The number of carbonyl (C=O) groups excluding carboxylic acids is 2. The fourth-order valence-electron chi connectivity index (χ4n) is 2.45. The smallest absolute Gasteiger partial charge is 0.413 e. The standard InChI is InChI=1S/C16H16ClN3O3S/c1-2-23-16(22)19-15-18-12-7-8-20(9-13(12)24-15)14(21)10-3-5-11(17)6-4-10/h3-6H,2,7-9H2,1H3,(H,18,19,22). The Morgan fingerprint density at radius 2 is 2.12 bits per heavy atom. The lowest BCUT2D eigenvalue weighted by Gasteiger charge is -2.26. The van der Waals surface area contributed by atoms with E-state index in [2.05, 4.69) is 10.3 Å². The molecule has 0 radical (unpaired) electrons. The highest BCUT2D eigenvalue weighted by Gasteiger charge is 2.25. The molecule has 1 aromatic carbocycles. The van der Waals surface area contributed by atoms with E-state index in [9.17, 15) is 9.59 Å². The Hall–Kier alpha value is -2.12. The van der Waals surface area contributed by atoms with E-state index in [1.807, 2.05) is 0 Å². The van der Waals surface area contributed by atoms with Crippen molar-refractivity contribution in [2.75, 3.05) is 18.5 Å². The molecule has 1 aliphatic heterocycles. The van der Waals surface area contributed by atoms with Crippen LogP contribution in [0.15, 0.2) is 24.3 Å². The number of hydrogen-bond donors (Lipinski definition) is 1. The van der Waals surface area contributed by atoms with E-state index in [1.54, 1.807) is 36.1 Å². The number of nitrogens with one attached hydrogen (secondary N) is 1. The van der Waals surface area contributed by atoms with E-state index in [0.29, 0.717) is 41.8 Å². The molecule has 0 atom stereocenters. The van der Waals surface area contributed by atoms with Crippen LogP contribution < -0.4 is 5.32 Å². The number of aromatic nitrogens is 1. The Labute approximate surface area is 148 Å². The Morgan fingerprint density at radius 3 is 2.83 bits per heavy atom. The molecule has 2 aromatic rings. The number of halogens is 1. The van der Waals surface area contributed by atoms with Crippen molar-refractivity contribution in [1.82, 2.24) is 9.88 Å². The number of hydrogen-bond acceptors (Lipinski definition) is 5. The second-order valence-corrected chi connectivity index (χ2v) is 6.74. The van der Waals surface area contributed by atoms with Crippen molar-refractivity contribution < 1.29 is 14.3 Å². The fraction of sp³-hybridized carbons (Fsp3) is 0.312. The second-order valence-electron chi connectivity index (χ2n) is 5.22. The van der Waals surface area contributed by atoms with Crippen LogP contribution in [0.3, 0.4) is 0 Å². The van der Waals surface area contributed by atoms with Crippen molar-refractivity contribution >= 4 is 40.1 Å². The topological polar surface area (TPSA) is 71.5 Å². The van der Waals surface area contributed by atoms with E-state index in [4.69, 9.17) is 16.3 Å². The number of fused-ring (bicyclic) bond motifs is 1. The van der Waals surface area contributed by atoms with Gasteiger partial charge >= 0.3 is 6.09 Å². The van der Waals surface area contributed by atoms with Crippen LogP contribution >= 0.6 is 22.9 Å². The van der Waals surface area contributed by atoms with Gasteiger partial charge in [-0.25, -0.2) is 9.78 Å². The van der Waals surface area contributed by atoms with Gasteiger partial charge in [-0.3, -0.25) is 10.1 Å². The average molecular weight is 366 g/mol. The van der Waals surface area contributed by atoms with Gasteiger partial charge in [0, 0.05) is 28.4 Å². The van der Waals surface area contributed by atoms with Crippen molar-refractivity contribution in [3.05, 3.63) is 45.4 Å². The summed E-state index contributed by atoms with van der Waals surface area (Å²) in [4.78, 5) is 31.2. The van der Waals surface area contributed by atoms with Crippen molar-refractivity contribution in [1.29, 1.82) is 0 Å².